The van der Waals surface area contributed by atoms with Crippen LogP contribution >= 0.6 is 11.6 Å². The maximum Gasteiger partial charge on any atom is 0.417 e. The van der Waals surface area contributed by atoms with Crippen LogP contribution in [0.4, 0.5) is 29.3 Å². The molecule has 3 aromatic carbocycles. The second kappa shape index (κ2) is 11.1. The summed E-state index contributed by atoms with van der Waals surface area (Å²) in [6, 6.07) is 13.8. The average molecular weight is 571 g/mol. The summed E-state index contributed by atoms with van der Waals surface area (Å²) < 4.78 is 62.4. The first-order valence-electron chi connectivity index (χ1n) is 11.7. The van der Waals surface area contributed by atoms with Crippen LogP contribution in [0.25, 0.3) is 10.9 Å². The van der Waals surface area contributed by atoms with Gasteiger partial charge in [-0.05, 0) is 48.5 Å². The highest BCUT2D eigenvalue weighted by Crippen LogP contribution is 2.48. The summed E-state index contributed by atoms with van der Waals surface area (Å²) in [7, 11) is 0. The number of hydrogen-bond acceptors (Lipinski definition) is 7. The quantitative estimate of drug-likeness (QED) is 0.256. The van der Waals surface area contributed by atoms with Crippen molar-refractivity contribution >= 4 is 39.9 Å². The molecule has 0 saturated carbocycles. The zero-order chi connectivity index (χ0) is 28.3. The predicted octanol–water partition coefficient (Wildman–Crippen LogP) is 7.02. The second-order valence-electron chi connectivity index (χ2n) is 8.28. The molecule has 40 heavy (non-hydrogen) atoms. The van der Waals surface area contributed by atoms with Crippen molar-refractivity contribution in [1.29, 1.82) is 5.26 Å². The zero-order valence-electron chi connectivity index (χ0n) is 20.3. The lowest BCUT2D eigenvalue weighted by Gasteiger charge is -2.23. The Balaban J connectivity index is 1.32. The van der Waals surface area contributed by atoms with Gasteiger partial charge in [0.1, 0.15) is 30.8 Å². The lowest BCUT2D eigenvalue weighted by molar-refractivity contribution is -0.137. The number of pyridine rings is 1. The lowest BCUT2D eigenvalue weighted by Crippen LogP contribution is -2.19. The molecule has 2 N–H and O–H groups in total. The van der Waals surface area contributed by atoms with E-state index in [1.54, 1.807) is 42.6 Å². The van der Waals surface area contributed by atoms with Crippen molar-refractivity contribution in [3.63, 3.8) is 0 Å². The molecule has 4 aromatic rings. The van der Waals surface area contributed by atoms with Crippen LogP contribution in [0, 0.1) is 11.3 Å². The Hall–Kier alpha value is -4.89. The molecule has 0 saturated heterocycles. The Labute approximate surface area is 230 Å². The van der Waals surface area contributed by atoms with Crippen LogP contribution in [0.1, 0.15) is 5.56 Å². The fraction of sp³-hybridized carbons (Fsp3) is 0.148. The average Bonchev–Trinajstić information content (AvgIpc) is 2.93. The van der Waals surface area contributed by atoms with Crippen molar-refractivity contribution in [3.05, 3.63) is 71.4 Å². The molecule has 0 spiro atoms. The molecule has 9 nitrogen and oxygen atoms in total. The van der Waals surface area contributed by atoms with Gasteiger partial charge in [-0.3, -0.25) is 4.98 Å². The van der Waals surface area contributed by atoms with E-state index in [0.717, 1.165) is 12.1 Å². The summed E-state index contributed by atoms with van der Waals surface area (Å²) in [5.74, 6) is 1.89. The number of anilines is 2. The van der Waals surface area contributed by atoms with Crippen LogP contribution < -0.4 is 29.6 Å². The number of fused-ring (bicyclic) bond motifs is 3. The van der Waals surface area contributed by atoms with Crippen molar-refractivity contribution in [3.8, 4) is 34.8 Å². The van der Waals surface area contributed by atoms with Crippen molar-refractivity contribution in [2.24, 2.45) is 0 Å². The predicted molar refractivity (Wildman–Crippen MR) is 139 cm³/mol. The van der Waals surface area contributed by atoms with Gasteiger partial charge in [-0.1, -0.05) is 11.6 Å². The van der Waals surface area contributed by atoms with Crippen LogP contribution in [0.2, 0.25) is 5.02 Å². The monoisotopic (exact) mass is 570 g/mol. The molecule has 2 heterocycles. The minimum Gasteiger partial charge on any atom is -0.485 e. The Bertz CT molecular complexity index is 1620. The molecule has 1 aromatic heterocycles. The van der Waals surface area contributed by atoms with Gasteiger partial charge < -0.3 is 29.6 Å². The van der Waals surface area contributed by atoms with Gasteiger partial charge >= 0.3 is 12.2 Å². The van der Waals surface area contributed by atoms with E-state index in [2.05, 4.69) is 15.6 Å². The number of alkyl halides is 3. The third-order valence-electron chi connectivity index (χ3n) is 5.60. The van der Waals surface area contributed by atoms with Crippen LogP contribution in [0.3, 0.4) is 0 Å². The smallest absolute Gasteiger partial charge is 0.417 e. The van der Waals surface area contributed by atoms with Gasteiger partial charge in [-0.25, -0.2) is 4.79 Å². The highest BCUT2D eigenvalue weighted by Gasteiger charge is 2.33. The molecular weight excluding hydrogens is 553 g/mol. The van der Waals surface area contributed by atoms with Gasteiger partial charge in [0.25, 0.3) is 0 Å². The summed E-state index contributed by atoms with van der Waals surface area (Å²) in [6.07, 6.45) is -3.11. The normalized spacial score (nSPS) is 12.4. The number of nitrogens with zero attached hydrogens (tertiary/aromatic N) is 2. The molecule has 5 rings (SSSR count). The van der Waals surface area contributed by atoms with Gasteiger partial charge in [0.15, 0.2) is 18.1 Å². The maximum absolute atomic E-state index is 13.1. The van der Waals surface area contributed by atoms with Gasteiger partial charge in [0, 0.05) is 23.6 Å². The fourth-order valence-electron chi connectivity index (χ4n) is 3.92. The van der Waals surface area contributed by atoms with Crippen molar-refractivity contribution in [2.45, 2.75) is 6.18 Å². The Morgan fingerprint density at radius 1 is 1.00 bits per heavy atom. The highest BCUT2D eigenvalue weighted by atomic mass is 35.5. The van der Waals surface area contributed by atoms with Gasteiger partial charge in [0.05, 0.1) is 21.5 Å². The van der Waals surface area contributed by atoms with E-state index in [4.69, 9.17) is 35.8 Å². The molecule has 0 radical (unpaired) electrons. The lowest BCUT2D eigenvalue weighted by atomic mass is 10.1. The summed E-state index contributed by atoms with van der Waals surface area (Å²) in [5, 5.41) is 13.9. The van der Waals surface area contributed by atoms with Crippen molar-refractivity contribution in [2.75, 3.05) is 30.5 Å². The van der Waals surface area contributed by atoms with Gasteiger partial charge in [-0.15, -0.1) is 0 Å². The summed E-state index contributed by atoms with van der Waals surface area (Å²) in [6.45, 7) is 0.430. The van der Waals surface area contributed by atoms with E-state index < -0.39 is 22.8 Å². The van der Waals surface area contributed by atoms with E-state index in [0.29, 0.717) is 58.6 Å². The van der Waals surface area contributed by atoms with E-state index in [1.807, 2.05) is 6.07 Å². The molecule has 0 bridgehead atoms. The number of halogens is 4. The third kappa shape index (κ3) is 5.74. The summed E-state index contributed by atoms with van der Waals surface area (Å²) in [5.41, 5.74) is -0.265. The number of aromatic nitrogens is 1. The zero-order valence-corrected chi connectivity index (χ0v) is 21.1. The standard InChI is InChI=1S/C27H18ClF3N4O5/c28-19-6-3-16(13-18(19)27(29,30)31)35-26(36)34-15-1-4-17(5-2-15)40-21-7-9-33-20-14-22(37-10-8-32)24-25(23(20)21)39-12-11-38-24/h1-7,9,13-14H,10-12H2,(H2,34,35,36). The number of urea groups is 1. The summed E-state index contributed by atoms with van der Waals surface area (Å²) in [4.78, 5) is 16.7. The van der Waals surface area contributed by atoms with Gasteiger partial charge in [-0.2, -0.15) is 18.4 Å². The van der Waals surface area contributed by atoms with E-state index in [9.17, 15) is 18.0 Å². The van der Waals surface area contributed by atoms with E-state index in [1.165, 1.54) is 6.07 Å². The Morgan fingerprint density at radius 3 is 2.42 bits per heavy atom. The number of rotatable bonds is 6. The number of carbonyl (C=O) groups is 1. The van der Waals surface area contributed by atoms with E-state index in [-0.39, 0.29) is 12.3 Å². The number of carbonyl (C=O) groups excluding carboxylic acids is 1. The first-order chi connectivity index (χ1) is 19.2. The maximum atomic E-state index is 13.1. The number of ether oxygens (including phenoxy) is 4. The molecule has 1 aliphatic rings. The molecule has 0 unspecified atom stereocenters. The highest BCUT2D eigenvalue weighted by molar-refractivity contribution is 6.31. The minimum absolute atomic E-state index is 0.0746. The second-order valence-corrected chi connectivity index (χ2v) is 8.69. The molecular formula is C27H18ClF3N4O5. The number of benzene rings is 3. The molecule has 2 amide bonds. The first-order valence-corrected chi connectivity index (χ1v) is 12.0. The molecule has 204 valence electrons. The number of amides is 2. The summed E-state index contributed by atoms with van der Waals surface area (Å²) >= 11 is 5.62. The number of hydrogen-bond donors (Lipinski definition) is 2. The van der Waals surface area contributed by atoms with Gasteiger partial charge in [0.2, 0.25) is 5.75 Å². The first kappa shape index (κ1) is 26.7. The molecule has 0 fully saturated rings. The fourth-order valence-corrected chi connectivity index (χ4v) is 4.15. The molecule has 1 aliphatic heterocycles. The Kier molecular flexibility index (Phi) is 7.39. The molecule has 0 atom stereocenters. The Morgan fingerprint density at radius 2 is 1.70 bits per heavy atom. The van der Waals surface area contributed by atoms with Crippen LogP contribution in [-0.4, -0.2) is 30.8 Å². The number of nitrogens with one attached hydrogen (secondary N) is 2. The third-order valence-corrected chi connectivity index (χ3v) is 5.93. The van der Waals surface area contributed by atoms with Crippen molar-refractivity contribution in [1.82, 2.24) is 4.98 Å². The van der Waals surface area contributed by atoms with Crippen LogP contribution in [-0.2, 0) is 6.18 Å². The SMILES string of the molecule is N#CCOc1cc2nccc(Oc3ccc(NC(=O)Nc4ccc(Cl)c(C(F)(F)F)c4)cc3)c2c2c1OCCO2. The van der Waals surface area contributed by atoms with Crippen molar-refractivity contribution < 1.29 is 36.9 Å². The topological polar surface area (TPSA) is 115 Å². The molecule has 0 aliphatic carbocycles. The molecule has 13 heteroatoms. The largest absolute Gasteiger partial charge is 0.485 e. The van der Waals surface area contributed by atoms with Crippen LogP contribution in [0.15, 0.2) is 60.8 Å². The number of nitriles is 1. The van der Waals surface area contributed by atoms with E-state index >= 15 is 0 Å². The van der Waals surface area contributed by atoms with Crippen LogP contribution in [0.5, 0.6) is 28.7 Å². The minimum atomic E-state index is -4.66.